The molecular weight excluding hydrogens is 897 g/mol. The lowest BCUT2D eigenvalue weighted by Crippen LogP contribution is -2.28. The lowest BCUT2D eigenvalue weighted by atomic mass is 10.0. The van der Waals surface area contributed by atoms with Crippen molar-refractivity contribution < 1.29 is 24.2 Å². The van der Waals surface area contributed by atoms with Crippen molar-refractivity contribution in [2.75, 3.05) is 13.2 Å². The number of esters is 2. The molecule has 0 saturated carbocycles. The molecule has 5 heteroatoms. The summed E-state index contributed by atoms with van der Waals surface area (Å²) in [5, 5.41) is 9.69. The van der Waals surface area contributed by atoms with Crippen molar-refractivity contribution in [3.05, 3.63) is 24.3 Å². The molecule has 1 N–H and O–H groups in total. The molecule has 0 aromatic carbocycles. The van der Waals surface area contributed by atoms with Crippen LogP contribution in [0.5, 0.6) is 0 Å². The zero-order valence-corrected chi connectivity index (χ0v) is 49.7. The lowest BCUT2D eigenvalue weighted by molar-refractivity contribution is -0.161. The Balaban J connectivity index is 3.38. The number of hydrogen-bond acceptors (Lipinski definition) is 5. The SMILES string of the molecule is CCCCCCC/C=C\C/C=C\CCCCCCCCCCCCCCCCCCCCCCCC(=O)OC(CO)COC(=O)CCCCCCCCCCCCCCCCCCCCCCCCCCCC. The highest BCUT2D eigenvalue weighted by atomic mass is 16.6. The number of aliphatic hydroxyl groups excluding tert-OH is 1. The van der Waals surface area contributed by atoms with E-state index in [4.69, 9.17) is 9.47 Å². The van der Waals surface area contributed by atoms with Gasteiger partial charge in [-0.1, -0.05) is 346 Å². The van der Waals surface area contributed by atoms with E-state index in [2.05, 4.69) is 38.2 Å². The van der Waals surface area contributed by atoms with Gasteiger partial charge in [0.25, 0.3) is 0 Å². The van der Waals surface area contributed by atoms with Crippen LogP contribution in [0.25, 0.3) is 0 Å². The average Bonchev–Trinajstić information content (AvgIpc) is 3.39. The van der Waals surface area contributed by atoms with E-state index in [1.54, 1.807) is 0 Å². The van der Waals surface area contributed by atoms with Gasteiger partial charge in [-0.05, 0) is 44.9 Å². The summed E-state index contributed by atoms with van der Waals surface area (Å²) >= 11 is 0. The minimum absolute atomic E-state index is 0.0576. The normalized spacial score (nSPS) is 12.2. The van der Waals surface area contributed by atoms with Crippen LogP contribution in [0.4, 0.5) is 0 Å². The Kier molecular flexibility index (Phi) is 63.2. The monoisotopic (exact) mass is 1030 g/mol. The maximum Gasteiger partial charge on any atom is 0.306 e. The molecule has 0 bridgehead atoms. The van der Waals surface area contributed by atoms with Crippen LogP contribution in [0.2, 0.25) is 0 Å². The van der Waals surface area contributed by atoms with Gasteiger partial charge in [0.2, 0.25) is 0 Å². The van der Waals surface area contributed by atoms with Crippen LogP contribution in [-0.4, -0.2) is 36.4 Å². The standard InChI is InChI=1S/C68H130O5/c1-3-5-7-9-11-13-15-17-19-21-23-25-27-29-31-32-33-34-35-36-37-39-41-43-45-47-49-51-53-55-57-59-61-63-68(71)73-66(64-69)65-72-67(70)62-60-58-56-54-52-50-48-46-44-42-40-38-30-28-26-24-22-20-18-16-14-12-10-8-6-4-2/h15,17,21,23,66,69H,3-14,16,18-20,22,24-65H2,1-2H3/b17-15-,23-21-. The second-order valence-electron chi connectivity index (χ2n) is 22.9. The Labute approximate surface area is 457 Å². The van der Waals surface area contributed by atoms with Crippen molar-refractivity contribution >= 4 is 11.9 Å². The molecule has 0 spiro atoms. The van der Waals surface area contributed by atoms with Gasteiger partial charge in [0.1, 0.15) is 6.61 Å². The van der Waals surface area contributed by atoms with Crippen molar-refractivity contribution in [2.45, 2.75) is 386 Å². The number of carbonyl (C=O) groups excluding carboxylic acids is 2. The third-order valence-corrected chi connectivity index (χ3v) is 15.5. The Morgan fingerprint density at radius 2 is 0.548 bits per heavy atom. The molecule has 73 heavy (non-hydrogen) atoms. The molecule has 5 nitrogen and oxygen atoms in total. The van der Waals surface area contributed by atoms with Crippen LogP contribution in [0, 0.1) is 0 Å². The fourth-order valence-electron chi connectivity index (χ4n) is 10.5. The Hall–Kier alpha value is -1.62. The van der Waals surface area contributed by atoms with E-state index in [9.17, 15) is 14.7 Å². The number of rotatable bonds is 63. The number of aliphatic hydroxyl groups is 1. The van der Waals surface area contributed by atoms with E-state index < -0.39 is 6.10 Å². The fraction of sp³-hybridized carbons (Fsp3) is 0.912. The topological polar surface area (TPSA) is 72.8 Å². The van der Waals surface area contributed by atoms with E-state index in [1.165, 1.54) is 315 Å². The van der Waals surface area contributed by atoms with Gasteiger partial charge in [-0.2, -0.15) is 0 Å². The van der Waals surface area contributed by atoms with E-state index in [1.807, 2.05) is 0 Å². The highest BCUT2D eigenvalue weighted by Crippen LogP contribution is 2.19. The van der Waals surface area contributed by atoms with Crippen molar-refractivity contribution in [1.29, 1.82) is 0 Å². The minimum atomic E-state index is -0.768. The zero-order chi connectivity index (χ0) is 52.7. The van der Waals surface area contributed by atoms with Crippen LogP contribution < -0.4 is 0 Å². The minimum Gasteiger partial charge on any atom is -0.462 e. The summed E-state index contributed by atoms with van der Waals surface area (Å²) in [4.78, 5) is 24.6. The molecule has 0 radical (unpaired) electrons. The van der Waals surface area contributed by atoms with Gasteiger partial charge in [-0.15, -0.1) is 0 Å². The van der Waals surface area contributed by atoms with Gasteiger partial charge in [0.15, 0.2) is 6.10 Å². The second kappa shape index (κ2) is 64.7. The first-order valence-corrected chi connectivity index (χ1v) is 33.4. The molecule has 0 aliphatic carbocycles. The Bertz CT molecular complexity index is 1120. The molecule has 0 saturated heterocycles. The predicted molar refractivity (Wildman–Crippen MR) is 321 cm³/mol. The summed E-state index contributed by atoms with van der Waals surface area (Å²) in [6, 6.07) is 0. The van der Waals surface area contributed by atoms with Gasteiger partial charge in [-0.3, -0.25) is 9.59 Å². The first-order valence-electron chi connectivity index (χ1n) is 33.4. The summed E-state index contributed by atoms with van der Waals surface area (Å²) in [5.41, 5.74) is 0. The number of unbranched alkanes of at least 4 members (excludes halogenated alkanes) is 51. The second-order valence-corrected chi connectivity index (χ2v) is 22.9. The summed E-state index contributed by atoms with van der Waals surface area (Å²) in [7, 11) is 0. The van der Waals surface area contributed by atoms with Crippen LogP contribution >= 0.6 is 0 Å². The van der Waals surface area contributed by atoms with E-state index in [-0.39, 0.29) is 25.2 Å². The van der Waals surface area contributed by atoms with Crippen molar-refractivity contribution in [3.8, 4) is 0 Å². The first-order chi connectivity index (χ1) is 36.1. The summed E-state index contributed by atoms with van der Waals surface area (Å²) < 4.78 is 10.8. The summed E-state index contributed by atoms with van der Waals surface area (Å²) in [6.07, 6.45) is 83.5. The largest absolute Gasteiger partial charge is 0.462 e. The smallest absolute Gasteiger partial charge is 0.306 e. The predicted octanol–water partition coefficient (Wildman–Crippen LogP) is 22.8. The molecule has 1 unspecified atom stereocenters. The van der Waals surface area contributed by atoms with Gasteiger partial charge in [0, 0.05) is 12.8 Å². The number of carbonyl (C=O) groups is 2. The van der Waals surface area contributed by atoms with Crippen LogP contribution in [0.1, 0.15) is 380 Å². The molecule has 0 aliphatic rings. The molecule has 0 aliphatic heterocycles. The van der Waals surface area contributed by atoms with Crippen molar-refractivity contribution in [1.82, 2.24) is 0 Å². The molecule has 0 heterocycles. The van der Waals surface area contributed by atoms with E-state index in [0.29, 0.717) is 12.8 Å². The molecule has 0 rings (SSSR count). The van der Waals surface area contributed by atoms with Crippen molar-refractivity contribution in [2.24, 2.45) is 0 Å². The van der Waals surface area contributed by atoms with E-state index >= 15 is 0 Å². The maximum absolute atomic E-state index is 12.3. The Morgan fingerprint density at radius 3 is 0.808 bits per heavy atom. The molecule has 0 amide bonds. The Morgan fingerprint density at radius 1 is 0.315 bits per heavy atom. The lowest BCUT2D eigenvalue weighted by Gasteiger charge is -2.15. The average molecular weight is 1030 g/mol. The molecule has 1 atom stereocenters. The van der Waals surface area contributed by atoms with E-state index in [0.717, 1.165) is 38.5 Å². The maximum atomic E-state index is 12.3. The van der Waals surface area contributed by atoms with Gasteiger partial charge in [0.05, 0.1) is 6.61 Å². The molecule has 0 fully saturated rings. The quantitative estimate of drug-likeness (QED) is 0.0373. The molecular formula is C68H130O5. The molecule has 432 valence electrons. The number of ether oxygens (including phenoxy) is 2. The third-order valence-electron chi connectivity index (χ3n) is 15.5. The van der Waals surface area contributed by atoms with Gasteiger partial charge >= 0.3 is 11.9 Å². The van der Waals surface area contributed by atoms with Crippen molar-refractivity contribution in [3.63, 3.8) is 0 Å². The summed E-state index contributed by atoms with van der Waals surface area (Å²) in [6.45, 7) is 4.20. The zero-order valence-electron chi connectivity index (χ0n) is 49.7. The number of hydrogen-bond donors (Lipinski definition) is 1. The molecule has 0 aromatic rings. The van der Waals surface area contributed by atoms with Gasteiger partial charge in [-0.25, -0.2) is 0 Å². The number of allylic oxidation sites excluding steroid dienone is 4. The van der Waals surface area contributed by atoms with Crippen LogP contribution in [-0.2, 0) is 19.1 Å². The van der Waals surface area contributed by atoms with Crippen LogP contribution in [0.15, 0.2) is 24.3 Å². The molecule has 0 aromatic heterocycles. The fourth-order valence-corrected chi connectivity index (χ4v) is 10.5. The highest BCUT2D eigenvalue weighted by molar-refractivity contribution is 5.70. The van der Waals surface area contributed by atoms with Crippen LogP contribution in [0.3, 0.4) is 0 Å². The highest BCUT2D eigenvalue weighted by Gasteiger charge is 2.16. The first kappa shape index (κ1) is 71.4. The van der Waals surface area contributed by atoms with Gasteiger partial charge < -0.3 is 14.6 Å². The summed E-state index contributed by atoms with van der Waals surface area (Å²) in [5.74, 6) is -0.564. The third kappa shape index (κ3) is 62.8.